The van der Waals surface area contributed by atoms with Crippen molar-refractivity contribution in [2.75, 3.05) is 13.1 Å². The van der Waals surface area contributed by atoms with Gasteiger partial charge in [-0.2, -0.15) is 13.2 Å². The fraction of sp³-hybridized carbons (Fsp3) is 0.674. The number of nitrogens with zero attached hydrogens (tertiary/aromatic N) is 2. The normalized spacial score (nSPS) is 33.2. The highest BCUT2D eigenvalue weighted by Gasteiger charge is 2.45. The summed E-state index contributed by atoms with van der Waals surface area (Å²) in [6, 6.07) is 21.4. The van der Waals surface area contributed by atoms with Gasteiger partial charge in [0.25, 0.3) is 0 Å². The average molecular weight is 791 g/mol. The summed E-state index contributed by atoms with van der Waals surface area (Å²) in [5.74, 6) is -0.781. The van der Waals surface area contributed by atoms with Crippen LogP contribution in [-0.4, -0.2) is 64.0 Å². The molecule has 7 aliphatic rings. The van der Waals surface area contributed by atoms with Gasteiger partial charge in [0.2, 0.25) is 11.8 Å². The number of amides is 2. The van der Waals surface area contributed by atoms with Crippen molar-refractivity contribution in [1.29, 1.82) is 0 Å². The van der Waals surface area contributed by atoms with Crippen molar-refractivity contribution >= 4 is 17.8 Å². The number of nitrogens with one attached hydrogen (secondary N) is 2. The van der Waals surface area contributed by atoms with Gasteiger partial charge in [-0.1, -0.05) is 55.0 Å². The molecule has 5 fully saturated rings. The van der Waals surface area contributed by atoms with E-state index in [-0.39, 0.29) is 23.7 Å². The summed E-state index contributed by atoms with van der Waals surface area (Å²) in [5, 5.41) is 14.0. The Morgan fingerprint density at radius 3 is 1.21 bits per heavy atom. The first-order valence-electron chi connectivity index (χ1n) is 22.1. The number of carbonyl (C=O) groups excluding carboxylic acids is 2. The molecule has 0 radical (unpaired) electrons. The lowest BCUT2D eigenvalue weighted by molar-refractivity contribution is -0.192. The van der Waals surface area contributed by atoms with E-state index in [0.717, 1.165) is 63.2 Å². The van der Waals surface area contributed by atoms with Crippen LogP contribution >= 0.6 is 0 Å². The Kier molecular flexibility index (Phi) is 12.3. The van der Waals surface area contributed by atoms with Crippen LogP contribution in [0.25, 0.3) is 0 Å². The molecule has 2 unspecified atom stereocenters. The van der Waals surface area contributed by atoms with Gasteiger partial charge in [-0.15, -0.1) is 0 Å². The summed E-state index contributed by atoms with van der Waals surface area (Å²) in [4.78, 5) is 41.4. The largest absolute Gasteiger partial charge is 0.490 e. The molecule has 6 atom stereocenters. The van der Waals surface area contributed by atoms with Crippen LogP contribution in [0.1, 0.15) is 162 Å². The van der Waals surface area contributed by atoms with Crippen LogP contribution in [0, 0.1) is 23.7 Å². The van der Waals surface area contributed by atoms with Crippen LogP contribution in [0.15, 0.2) is 48.5 Å². The number of benzene rings is 2. The van der Waals surface area contributed by atoms with E-state index in [4.69, 9.17) is 9.90 Å². The number of hydrogen-bond donors (Lipinski definition) is 3. The topological polar surface area (TPSA) is 102 Å². The molecule has 2 amide bonds. The third-order valence-corrected chi connectivity index (χ3v) is 15.1. The van der Waals surface area contributed by atoms with Crippen molar-refractivity contribution in [3.8, 4) is 0 Å². The molecule has 9 rings (SSSR count). The van der Waals surface area contributed by atoms with Crippen molar-refractivity contribution in [2.24, 2.45) is 23.7 Å². The number of hydrogen-bond acceptors (Lipinski definition) is 5. The molecule has 310 valence electrons. The zero-order valence-corrected chi connectivity index (χ0v) is 33.2. The quantitative estimate of drug-likeness (QED) is 0.222. The summed E-state index contributed by atoms with van der Waals surface area (Å²) in [7, 11) is 0. The number of fused-ring (bicyclic) bond motifs is 10. The molecular formula is C46H61F3N4O4. The number of carboxylic acid groups (broad SMARTS) is 1. The molecular weight excluding hydrogens is 730 g/mol. The highest BCUT2D eigenvalue weighted by Crippen LogP contribution is 2.54. The second-order valence-electron chi connectivity index (χ2n) is 18.3. The van der Waals surface area contributed by atoms with Gasteiger partial charge in [0, 0.05) is 48.1 Å². The van der Waals surface area contributed by atoms with E-state index in [0.29, 0.717) is 36.3 Å². The summed E-state index contributed by atoms with van der Waals surface area (Å²) in [6.45, 7) is 2.43. The molecule has 3 saturated carbocycles. The summed E-state index contributed by atoms with van der Waals surface area (Å²) < 4.78 is 31.7. The van der Waals surface area contributed by atoms with E-state index < -0.39 is 12.1 Å². The van der Waals surface area contributed by atoms with Gasteiger partial charge < -0.3 is 15.7 Å². The molecule has 0 aromatic heterocycles. The maximum atomic E-state index is 13.4. The molecule has 3 N–H and O–H groups in total. The fourth-order valence-corrected chi connectivity index (χ4v) is 12.1. The van der Waals surface area contributed by atoms with Crippen molar-refractivity contribution in [2.45, 2.75) is 158 Å². The molecule has 2 aromatic rings. The second-order valence-corrected chi connectivity index (χ2v) is 18.3. The SMILES string of the molecule is O=C(N[C@H]1CC[C@H](CCN2[C@@H]3CC[C@H]2c2ccccc23)CC1)C1CCCC(C(=O)N[C@H]2CC[C@H](CCN3[C@@H]4CC[C@H]3c3ccccc34)CC2)C1.O=C(O)C(F)(F)F. The third-order valence-electron chi connectivity index (χ3n) is 15.1. The molecule has 0 spiro atoms. The van der Waals surface area contributed by atoms with Crippen molar-refractivity contribution in [3.63, 3.8) is 0 Å². The molecule has 4 bridgehead atoms. The maximum absolute atomic E-state index is 13.4. The van der Waals surface area contributed by atoms with E-state index in [1.807, 2.05) is 0 Å². The molecule has 4 aliphatic heterocycles. The predicted molar refractivity (Wildman–Crippen MR) is 212 cm³/mol. The molecule has 2 aromatic carbocycles. The van der Waals surface area contributed by atoms with E-state index in [9.17, 15) is 22.8 Å². The summed E-state index contributed by atoms with van der Waals surface area (Å²) >= 11 is 0. The van der Waals surface area contributed by atoms with Gasteiger partial charge in [-0.05, 0) is 156 Å². The Morgan fingerprint density at radius 1 is 0.561 bits per heavy atom. The Hall–Kier alpha value is -3.44. The molecule has 8 nitrogen and oxygen atoms in total. The van der Waals surface area contributed by atoms with Gasteiger partial charge in [0.15, 0.2) is 0 Å². The lowest BCUT2D eigenvalue weighted by Gasteiger charge is -2.34. The first-order chi connectivity index (χ1) is 27.5. The minimum absolute atomic E-state index is 0.00717. The Morgan fingerprint density at radius 2 is 0.895 bits per heavy atom. The number of aliphatic carboxylic acids is 1. The molecule has 57 heavy (non-hydrogen) atoms. The molecule has 3 aliphatic carbocycles. The Balaban J connectivity index is 0.000000598. The van der Waals surface area contributed by atoms with Gasteiger partial charge in [-0.25, -0.2) is 4.79 Å². The highest BCUT2D eigenvalue weighted by atomic mass is 19.4. The standard InChI is InChI=1S/C44H60N4O2.C2HF3O2/c49-43(45-33-16-12-29(13-17-33)24-26-47-39-20-21-40(47)36-9-2-1-8-35(36)39)31-6-5-7-32(28-31)44(50)46-34-18-14-30(15-19-34)25-27-48-41-22-23-42(48)38-11-4-3-10-37(38)41;3-2(4,5)1(6)7/h1-4,8-11,29-34,39-42H,5-7,12-28H2,(H,45,49)(H,46,50);(H,6,7)/t29-,30-,31?,32?,33-,34-,39-,40+,41-,42+;. The van der Waals surface area contributed by atoms with Crippen LogP contribution in [0.3, 0.4) is 0 Å². The Bertz CT molecular complexity index is 1560. The van der Waals surface area contributed by atoms with Crippen LogP contribution < -0.4 is 10.6 Å². The predicted octanol–water partition coefficient (Wildman–Crippen LogP) is 9.34. The first kappa shape index (κ1) is 40.3. The lowest BCUT2D eigenvalue weighted by Crippen LogP contribution is -2.45. The highest BCUT2D eigenvalue weighted by molar-refractivity contribution is 5.82. The molecule has 4 heterocycles. The Labute approximate surface area is 335 Å². The van der Waals surface area contributed by atoms with E-state index in [2.05, 4.69) is 69.0 Å². The number of carbonyl (C=O) groups is 3. The minimum atomic E-state index is -5.08. The third kappa shape index (κ3) is 8.94. The van der Waals surface area contributed by atoms with Crippen LogP contribution in [0.5, 0.6) is 0 Å². The van der Waals surface area contributed by atoms with Crippen LogP contribution in [-0.2, 0) is 14.4 Å². The van der Waals surface area contributed by atoms with Gasteiger partial charge in [0.1, 0.15) is 0 Å². The molecule has 2 saturated heterocycles. The molecule has 11 heteroatoms. The van der Waals surface area contributed by atoms with Crippen molar-refractivity contribution < 1.29 is 32.7 Å². The summed E-state index contributed by atoms with van der Waals surface area (Å²) in [6.07, 6.45) is 15.7. The lowest BCUT2D eigenvalue weighted by atomic mass is 9.79. The van der Waals surface area contributed by atoms with Gasteiger partial charge in [0.05, 0.1) is 0 Å². The van der Waals surface area contributed by atoms with Gasteiger partial charge >= 0.3 is 12.1 Å². The van der Waals surface area contributed by atoms with E-state index >= 15 is 0 Å². The smallest absolute Gasteiger partial charge is 0.475 e. The zero-order chi connectivity index (χ0) is 39.7. The number of rotatable bonds is 10. The van der Waals surface area contributed by atoms with Gasteiger partial charge in [-0.3, -0.25) is 19.4 Å². The monoisotopic (exact) mass is 790 g/mol. The van der Waals surface area contributed by atoms with E-state index in [1.54, 1.807) is 22.3 Å². The minimum Gasteiger partial charge on any atom is -0.475 e. The number of alkyl halides is 3. The number of carboxylic acids is 1. The fourth-order valence-electron chi connectivity index (χ4n) is 12.1. The van der Waals surface area contributed by atoms with Crippen molar-refractivity contribution in [3.05, 3.63) is 70.8 Å². The summed E-state index contributed by atoms with van der Waals surface area (Å²) in [5.41, 5.74) is 6.34. The number of halogens is 3. The maximum Gasteiger partial charge on any atom is 0.490 e. The van der Waals surface area contributed by atoms with E-state index in [1.165, 1.54) is 77.3 Å². The van der Waals surface area contributed by atoms with Crippen molar-refractivity contribution in [1.82, 2.24) is 20.4 Å². The first-order valence-corrected chi connectivity index (χ1v) is 22.1. The van der Waals surface area contributed by atoms with Crippen LogP contribution in [0.4, 0.5) is 13.2 Å². The second kappa shape index (κ2) is 17.4. The van der Waals surface area contributed by atoms with Crippen LogP contribution in [0.2, 0.25) is 0 Å². The average Bonchev–Trinajstić information content (AvgIpc) is 3.98. The zero-order valence-electron chi connectivity index (χ0n) is 33.2.